The molecule has 0 amide bonds. The van der Waals surface area contributed by atoms with Gasteiger partial charge < -0.3 is 15.4 Å². The predicted octanol–water partition coefficient (Wildman–Crippen LogP) is 2.57. The number of benzene rings is 1. The molecule has 0 aromatic heterocycles. The highest BCUT2D eigenvalue weighted by Crippen LogP contribution is 2.31. The molecular formula is C16H25N3O3S2. The summed E-state index contributed by atoms with van der Waals surface area (Å²) in [6.45, 7) is 6.17. The van der Waals surface area contributed by atoms with E-state index >= 15 is 0 Å². The van der Waals surface area contributed by atoms with Gasteiger partial charge in [0.15, 0.2) is 5.11 Å². The monoisotopic (exact) mass is 371 g/mol. The fraction of sp³-hybridized carbons (Fsp3) is 0.562. The molecule has 0 unspecified atom stereocenters. The Balaban J connectivity index is 2.29. The van der Waals surface area contributed by atoms with E-state index in [9.17, 15) is 8.42 Å². The number of nitrogens with one attached hydrogen (secondary N) is 2. The average Bonchev–Trinajstić information content (AvgIpc) is 3.10. The highest BCUT2D eigenvalue weighted by atomic mass is 32.2. The number of ether oxygens (including phenoxy) is 1. The molecule has 0 radical (unpaired) electrons. The Morgan fingerprint density at radius 2 is 2.00 bits per heavy atom. The second-order valence-electron chi connectivity index (χ2n) is 5.59. The van der Waals surface area contributed by atoms with Crippen molar-refractivity contribution in [2.75, 3.05) is 31.6 Å². The van der Waals surface area contributed by atoms with Gasteiger partial charge in [0.1, 0.15) is 10.6 Å². The van der Waals surface area contributed by atoms with Crippen molar-refractivity contribution in [3.63, 3.8) is 0 Å². The molecule has 1 aliphatic heterocycles. The van der Waals surface area contributed by atoms with Gasteiger partial charge in [0.2, 0.25) is 10.0 Å². The highest BCUT2D eigenvalue weighted by Gasteiger charge is 2.30. The Hall–Kier alpha value is -1.38. The summed E-state index contributed by atoms with van der Waals surface area (Å²) in [5.74, 6) is 0.377. The molecule has 24 heavy (non-hydrogen) atoms. The number of hydrogen-bond acceptors (Lipinski definition) is 4. The molecule has 0 aliphatic carbocycles. The van der Waals surface area contributed by atoms with Crippen LogP contribution in [-0.2, 0) is 10.0 Å². The quantitative estimate of drug-likeness (QED) is 0.718. The first kappa shape index (κ1) is 19.0. The topological polar surface area (TPSA) is 70.7 Å². The minimum Gasteiger partial charge on any atom is -0.492 e. The van der Waals surface area contributed by atoms with Crippen LogP contribution in [0.3, 0.4) is 0 Å². The third-order valence-corrected chi connectivity index (χ3v) is 5.89. The van der Waals surface area contributed by atoms with Gasteiger partial charge in [-0.2, -0.15) is 4.31 Å². The molecule has 8 heteroatoms. The van der Waals surface area contributed by atoms with Crippen molar-refractivity contribution in [2.45, 2.75) is 38.0 Å². The van der Waals surface area contributed by atoms with Crippen LogP contribution in [0.25, 0.3) is 0 Å². The number of nitrogens with zero attached hydrogens (tertiary/aromatic N) is 1. The molecule has 134 valence electrons. The van der Waals surface area contributed by atoms with Crippen LogP contribution in [0, 0.1) is 0 Å². The third kappa shape index (κ3) is 4.58. The van der Waals surface area contributed by atoms with E-state index in [1.54, 1.807) is 18.2 Å². The van der Waals surface area contributed by atoms with Crippen LogP contribution in [-0.4, -0.2) is 44.1 Å². The molecule has 2 rings (SSSR count). The SMILES string of the molecule is CCCNC(=S)Nc1ccc(OCC)c(S(=O)(=O)N2CCCC2)c1. The van der Waals surface area contributed by atoms with Crippen LogP contribution in [0.15, 0.2) is 23.1 Å². The van der Waals surface area contributed by atoms with Gasteiger partial charge in [0, 0.05) is 25.3 Å². The maximum atomic E-state index is 12.9. The Labute approximate surface area is 149 Å². The lowest BCUT2D eigenvalue weighted by molar-refractivity contribution is 0.330. The third-order valence-electron chi connectivity index (χ3n) is 3.72. The number of thiocarbonyl (C=S) groups is 1. The van der Waals surface area contributed by atoms with Gasteiger partial charge >= 0.3 is 0 Å². The largest absolute Gasteiger partial charge is 0.492 e. The second-order valence-corrected chi connectivity index (χ2v) is 7.90. The molecule has 0 bridgehead atoms. The molecule has 1 heterocycles. The van der Waals surface area contributed by atoms with Gasteiger partial charge in [-0.25, -0.2) is 8.42 Å². The van der Waals surface area contributed by atoms with E-state index in [1.807, 2.05) is 13.8 Å². The summed E-state index contributed by atoms with van der Waals surface area (Å²) in [6.07, 6.45) is 2.75. The summed E-state index contributed by atoms with van der Waals surface area (Å²) in [5.41, 5.74) is 0.629. The highest BCUT2D eigenvalue weighted by molar-refractivity contribution is 7.89. The average molecular weight is 372 g/mol. The van der Waals surface area contributed by atoms with Crippen molar-refractivity contribution in [3.05, 3.63) is 18.2 Å². The van der Waals surface area contributed by atoms with E-state index in [4.69, 9.17) is 17.0 Å². The maximum Gasteiger partial charge on any atom is 0.246 e. The standard InChI is InChI=1S/C16H25N3O3S2/c1-3-9-17-16(23)18-13-7-8-14(22-4-2)15(12-13)24(20,21)19-10-5-6-11-19/h7-8,12H,3-6,9-11H2,1-2H3,(H2,17,18,23). The van der Waals surface area contributed by atoms with E-state index in [2.05, 4.69) is 10.6 Å². The maximum absolute atomic E-state index is 12.9. The van der Waals surface area contributed by atoms with Crippen molar-refractivity contribution < 1.29 is 13.2 Å². The Morgan fingerprint density at radius 1 is 1.29 bits per heavy atom. The van der Waals surface area contributed by atoms with Crippen molar-refractivity contribution in [1.82, 2.24) is 9.62 Å². The van der Waals surface area contributed by atoms with E-state index in [0.717, 1.165) is 25.8 Å². The van der Waals surface area contributed by atoms with Crippen LogP contribution in [0.2, 0.25) is 0 Å². The lowest BCUT2D eigenvalue weighted by Crippen LogP contribution is -2.30. The smallest absolute Gasteiger partial charge is 0.246 e. The van der Waals surface area contributed by atoms with Gasteiger partial charge in [-0.1, -0.05) is 6.92 Å². The van der Waals surface area contributed by atoms with Crippen molar-refractivity contribution in [3.8, 4) is 5.75 Å². The number of hydrogen-bond donors (Lipinski definition) is 2. The van der Waals surface area contributed by atoms with Gasteiger partial charge in [0.25, 0.3) is 0 Å². The lowest BCUT2D eigenvalue weighted by atomic mass is 10.3. The first-order valence-electron chi connectivity index (χ1n) is 8.31. The second kappa shape index (κ2) is 8.64. The summed E-state index contributed by atoms with van der Waals surface area (Å²) in [4.78, 5) is 0.189. The fourth-order valence-corrected chi connectivity index (χ4v) is 4.44. The minimum atomic E-state index is -3.56. The molecule has 0 atom stereocenters. The zero-order valence-corrected chi connectivity index (χ0v) is 15.8. The van der Waals surface area contributed by atoms with Crippen LogP contribution >= 0.6 is 12.2 Å². The van der Waals surface area contributed by atoms with Gasteiger partial charge in [-0.15, -0.1) is 0 Å². The molecule has 2 N–H and O–H groups in total. The summed E-state index contributed by atoms with van der Waals surface area (Å²) in [7, 11) is -3.56. The lowest BCUT2D eigenvalue weighted by Gasteiger charge is -2.19. The van der Waals surface area contributed by atoms with Crippen LogP contribution < -0.4 is 15.4 Å². The van der Waals surface area contributed by atoms with Crippen molar-refractivity contribution in [2.24, 2.45) is 0 Å². The molecule has 0 spiro atoms. The minimum absolute atomic E-state index is 0.189. The van der Waals surface area contributed by atoms with E-state index < -0.39 is 10.0 Å². The summed E-state index contributed by atoms with van der Waals surface area (Å²) < 4.78 is 32.9. The first-order chi connectivity index (χ1) is 11.5. The zero-order valence-electron chi connectivity index (χ0n) is 14.2. The molecule has 1 aromatic carbocycles. The zero-order chi connectivity index (χ0) is 17.6. The molecule has 1 aliphatic rings. The normalized spacial score (nSPS) is 15.2. The van der Waals surface area contributed by atoms with Crippen LogP contribution in [0.1, 0.15) is 33.1 Å². The summed E-state index contributed by atoms with van der Waals surface area (Å²) in [6, 6.07) is 5.05. The fourth-order valence-electron chi connectivity index (χ4n) is 2.54. The Morgan fingerprint density at radius 3 is 2.62 bits per heavy atom. The predicted molar refractivity (Wildman–Crippen MR) is 100 cm³/mol. The van der Waals surface area contributed by atoms with Crippen LogP contribution in [0.5, 0.6) is 5.75 Å². The van der Waals surface area contributed by atoms with Gasteiger partial charge in [-0.05, 0) is 56.6 Å². The van der Waals surface area contributed by atoms with E-state index in [1.165, 1.54) is 4.31 Å². The first-order valence-corrected chi connectivity index (χ1v) is 10.2. The van der Waals surface area contributed by atoms with Gasteiger partial charge in [0.05, 0.1) is 6.61 Å². The molecule has 1 saturated heterocycles. The molecule has 6 nitrogen and oxygen atoms in total. The van der Waals surface area contributed by atoms with E-state index in [0.29, 0.717) is 36.2 Å². The number of anilines is 1. The summed E-state index contributed by atoms with van der Waals surface area (Å²) >= 11 is 5.22. The Bertz CT molecular complexity index is 671. The number of sulfonamides is 1. The van der Waals surface area contributed by atoms with Crippen LogP contribution in [0.4, 0.5) is 5.69 Å². The van der Waals surface area contributed by atoms with Crippen molar-refractivity contribution >= 4 is 33.0 Å². The molecule has 1 fully saturated rings. The van der Waals surface area contributed by atoms with Gasteiger partial charge in [-0.3, -0.25) is 0 Å². The summed E-state index contributed by atoms with van der Waals surface area (Å²) in [5, 5.41) is 6.57. The van der Waals surface area contributed by atoms with E-state index in [-0.39, 0.29) is 4.90 Å². The molecule has 0 saturated carbocycles. The Kier molecular flexibility index (Phi) is 6.82. The van der Waals surface area contributed by atoms with Crippen molar-refractivity contribution in [1.29, 1.82) is 0 Å². The number of rotatable bonds is 7. The molecular weight excluding hydrogens is 346 g/mol. The molecule has 1 aromatic rings.